The quantitative estimate of drug-likeness (QED) is 0.800. The summed E-state index contributed by atoms with van der Waals surface area (Å²) in [6.07, 6.45) is 3.78. The molecule has 1 aliphatic rings. The molecule has 0 radical (unpaired) electrons. The molecule has 1 saturated heterocycles. The van der Waals surface area contributed by atoms with Crippen LogP contribution in [0, 0.1) is 13.8 Å². The zero-order valence-electron chi connectivity index (χ0n) is 14.2. The van der Waals surface area contributed by atoms with Crippen LogP contribution in [-0.4, -0.2) is 27.9 Å². The predicted molar refractivity (Wildman–Crippen MR) is 88.8 cm³/mol. The number of hydrogen-bond donors (Lipinski definition) is 0. The minimum atomic E-state index is -0.340. The van der Waals surface area contributed by atoms with Crippen LogP contribution in [0.25, 0.3) is 5.69 Å². The first-order valence-electron chi connectivity index (χ1n) is 7.67. The summed E-state index contributed by atoms with van der Waals surface area (Å²) in [5.41, 5.74) is 2.65. The van der Waals surface area contributed by atoms with Crippen molar-refractivity contribution in [3.8, 4) is 5.69 Å². The van der Waals surface area contributed by atoms with Gasteiger partial charge in [-0.05, 0) is 64.7 Å². The summed E-state index contributed by atoms with van der Waals surface area (Å²) in [5, 5.41) is 0. The Hall–Kier alpha value is -1.59. The molecule has 22 heavy (non-hydrogen) atoms. The van der Waals surface area contributed by atoms with E-state index in [2.05, 4.69) is 62.4 Å². The molecule has 5 heteroatoms. The van der Waals surface area contributed by atoms with Crippen LogP contribution in [0.3, 0.4) is 0 Å². The lowest BCUT2D eigenvalue weighted by Crippen LogP contribution is -2.41. The van der Waals surface area contributed by atoms with Crippen LogP contribution in [0.15, 0.2) is 30.6 Å². The molecule has 0 saturated carbocycles. The van der Waals surface area contributed by atoms with Crippen molar-refractivity contribution in [2.24, 2.45) is 0 Å². The molecule has 1 aromatic heterocycles. The van der Waals surface area contributed by atoms with E-state index in [0.717, 1.165) is 17.0 Å². The Labute approximate surface area is 132 Å². The summed E-state index contributed by atoms with van der Waals surface area (Å²) in [7, 11) is -0.340. The Balaban J connectivity index is 2.00. The first kappa shape index (κ1) is 15.3. The minimum Gasteiger partial charge on any atom is -0.399 e. The Morgan fingerprint density at radius 3 is 2.18 bits per heavy atom. The second-order valence-corrected chi connectivity index (χ2v) is 7.03. The molecule has 0 bridgehead atoms. The molecule has 4 nitrogen and oxygen atoms in total. The molecule has 1 aliphatic heterocycles. The van der Waals surface area contributed by atoms with Gasteiger partial charge in [-0.15, -0.1) is 0 Å². The fourth-order valence-corrected chi connectivity index (χ4v) is 2.70. The van der Waals surface area contributed by atoms with Crippen molar-refractivity contribution in [1.82, 2.24) is 9.55 Å². The third-order valence-corrected chi connectivity index (χ3v) is 4.71. The van der Waals surface area contributed by atoms with E-state index >= 15 is 0 Å². The molecule has 2 aromatic rings. The van der Waals surface area contributed by atoms with Gasteiger partial charge in [-0.1, -0.05) is 6.07 Å². The van der Waals surface area contributed by atoms with Crippen LogP contribution in [-0.2, 0) is 9.31 Å². The maximum atomic E-state index is 6.16. The molecule has 116 valence electrons. The van der Waals surface area contributed by atoms with E-state index < -0.39 is 0 Å². The largest absolute Gasteiger partial charge is 0.494 e. The monoisotopic (exact) mass is 298 g/mol. The number of aromatic nitrogens is 2. The van der Waals surface area contributed by atoms with E-state index in [1.54, 1.807) is 0 Å². The summed E-state index contributed by atoms with van der Waals surface area (Å²) < 4.78 is 14.4. The standard InChI is InChI=1S/C17H23BN2O2/c1-12-9-14(18-21-16(3,4)17(5,6)22-18)11-15(10-12)20-8-7-19-13(20)2/h7-11H,1-6H3. The van der Waals surface area contributed by atoms with Crippen molar-refractivity contribution < 1.29 is 9.31 Å². The Morgan fingerprint density at radius 2 is 1.64 bits per heavy atom. The van der Waals surface area contributed by atoms with Crippen LogP contribution in [0.2, 0.25) is 0 Å². The molecule has 0 spiro atoms. The van der Waals surface area contributed by atoms with Crippen LogP contribution in [0.5, 0.6) is 0 Å². The average molecular weight is 298 g/mol. The van der Waals surface area contributed by atoms with Crippen LogP contribution >= 0.6 is 0 Å². The topological polar surface area (TPSA) is 36.3 Å². The van der Waals surface area contributed by atoms with E-state index in [1.807, 2.05) is 19.3 Å². The highest BCUT2D eigenvalue weighted by Crippen LogP contribution is 2.36. The van der Waals surface area contributed by atoms with Gasteiger partial charge in [0.25, 0.3) is 0 Å². The van der Waals surface area contributed by atoms with Crippen molar-refractivity contribution in [3.63, 3.8) is 0 Å². The summed E-state index contributed by atoms with van der Waals surface area (Å²) >= 11 is 0. The Kier molecular flexibility index (Phi) is 3.46. The Morgan fingerprint density at radius 1 is 1.00 bits per heavy atom. The lowest BCUT2D eigenvalue weighted by Gasteiger charge is -2.32. The van der Waals surface area contributed by atoms with Crippen molar-refractivity contribution in [1.29, 1.82) is 0 Å². The fraction of sp³-hybridized carbons (Fsp3) is 0.471. The molecule has 1 aromatic carbocycles. The SMILES string of the molecule is Cc1cc(B2OC(C)(C)C(C)(C)O2)cc(-n2ccnc2C)c1. The lowest BCUT2D eigenvalue weighted by atomic mass is 9.78. The smallest absolute Gasteiger partial charge is 0.399 e. The van der Waals surface area contributed by atoms with Crippen molar-refractivity contribution in [2.75, 3.05) is 0 Å². The van der Waals surface area contributed by atoms with Crippen LogP contribution in [0.1, 0.15) is 39.1 Å². The maximum absolute atomic E-state index is 6.16. The summed E-state index contributed by atoms with van der Waals surface area (Å²) in [4.78, 5) is 4.30. The molecule has 3 rings (SSSR count). The summed E-state index contributed by atoms with van der Waals surface area (Å²) in [6.45, 7) is 12.4. The van der Waals surface area contributed by atoms with Gasteiger partial charge in [0.05, 0.1) is 11.2 Å². The number of hydrogen-bond acceptors (Lipinski definition) is 3. The first-order valence-corrected chi connectivity index (χ1v) is 7.67. The molecule has 0 atom stereocenters. The molecule has 1 fully saturated rings. The van der Waals surface area contributed by atoms with Crippen molar-refractivity contribution in [2.45, 2.75) is 52.7 Å². The van der Waals surface area contributed by atoms with Gasteiger partial charge < -0.3 is 13.9 Å². The van der Waals surface area contributed by atoms with Crippen molar-refractivity contribution in [3.05, 3.63) is 42.0 Å². The molecule has 0 amide bonds. The van der Waals surface area contributed by atoms with Gasteiger partial charge in [-0.3, -0.25) is 0 Å². The van der Waals surface area contributed by atoms with Crippen LogP contribution in [0.4, 0.5) is 0 Å². The predicted octanol–water partition coefficient (Wildman–Crippen LogP) is 2.79. The van der Waals surface area contributed by atoms with Gasteiger partial charge in [-0.2, -0.15) is 0 Å². The van der Waals surface area contributed by atoms with Gasteiger partial charge in [0.1, 0.15) is 5.82 Å². The second-order valence-electron chi connectivity index (χ2n) is 7.03. The average Bonchev–Trinajstić information content (AvgIpc) is 2.91. The number of nitrogens with zero attached hydrogens (tertiary/aromatic N) is 2. The zero-order valence-corrected chi connectivity index (χ0v) is 14.2. The third kappa shape index (κ3) is 2.48. The molecular weight excluding hydrogens is 275 g/mol. The molecule has 0 unspecified atom stereocenters. The normalized spacial score (nSPS) is 19.6. The minimum absolute atomic E-state index is 0.327. The fourth-order valence-electron chi connectivity index (χ4n) is 2.70. The first-order chi connectivity index (χ1) is 10.2. The van der Waals surface area contributed by atoms with Crippen molar-refractivity contribution >= 4 is 12.6 Å². The molecule has 0 N–H and O–H groups in total. The highest BCUT2D eigenvalue weighted by atomic mass is 16.7. The Bertz CT molecular complexity index is 690. The van der Waals surface area contributed by atoms with Gasteiger partial charge in [0.15, 0.2) is 0 Å². The molecule has 0 aliphatic carbocycles. The zero-order chi connectivity index (χ0) is 16.1. The van der Waals surface area contributed by atoms with E-state index in [4.69, 9.17) is 9.31 Å². The number of benzene rings is 1. The van der Waals surface area contributed by atoms with Crippen LogP contribution < -0.4 is 5.46 Å². The van der Waals surface area contributed by atoms with E-state index in [0.29, 0.717) is 0 Å². The van der Waals surface area contributed by atoms with E-state index in [-0.39, 0.29) is 18.3 Å². The second kappa shape index (κ2) is 4.96. The van der Waals surface area contributed by atoms with E-state index in [9.17, 15) is 0 Å². The third-order valence-electron chi connectivity index (χ3n) is 4.71. The van der Waals surface area contributed by atoms with Gasteiger partial charge in [0.2, 0.25) is 0 Å². The highest BCUT2D eigenvalue weighted by Gasteiger charge is 2.51. The maximum Gasteiger partial charge on any atom is 0.494 e. The summed E-state index contributed by atoms with van der Waals surface area (Å²) in [5.74, 6) is 0.963. The molecular formula is C17H23BN2O2. The molecule has 2 heterocycles. The van der Waals surface area contributed by atoms with E-state index in [1.165, 1.54) is 5.56 Å². The number of rotatable bonds is 2. The highest BCUT2D eigenvalue weighted by molar-refractivity contribution is 6.62. The number of aryl methyl sites for hydroxylation is 2. The summed E-state index contributed by atoms with van der Waals surface area (Å²) in [6, 6.07) is 6.38. The number of imidazole rings is 1. The van der Waals surface area contributed by atoms with Gasteiger partial charge in [-0.25, -0.2) is 4.98 Å². The van der Waals surface area contributed by atoms with Gasteiger partial charge >= 0.3 is 7.12 Å². The van der Waals surface area contributed by atoms with Gasteiger partial charge in [0, 0.05) is 18.1 Å². The lowest BCUT2D eigenvalue weighted by molar-refractivity contribution is 0.00578.